The van der Waals surface area contributed by atoms with Gasteiger partial charge in [-0.05, 0) is 93.6 Å². The van der Waals surface area contributed by atoms with Crippen LogP contribution in [-0.4, -0.2) is 0 Å². The maximum atomic E-state index is 12.1. The molecule has 3 rings (SSSR count). The van der Waals surface area contributed by atoms with Crippen molar-refractivity contribution in [3.05, 3.63) is 47.5 Å². The molecule has 0 nitrogen and oxygen atoms in total. The second-order valence-electron chi connectivity index (χ2n) is 8.37. The molecule has 0 aliphatic heterocycles. The Morgan fingerprint density at radius 1 is 0.880 bits per heavy atom. The highest BCUT2D eigenvalue weighted by Gasteiger charge is 2.31. The molecule has 0 atom stereocenters. The van der Waals surface area contributed by atoms with Crippen molar-refractivity contribution in [3.63, 3.8) is 0 Å². The van der Waals surface area contributed by atoms with Crippen LogP contribution in [0.4, 0.5) is 8.78 Å². The van der Waals surface area contributed by atoms with Crippen LogP contribution in [0.25, 0.3) is 0 Å². The minimum Gasteiger partial charge on any atom is -0.174 e. The van der Waals surface area contributed by atoms with E-state index in [1.807, 2.05) is 0 Å². The van der Waals surface area contributed by atoms with Gasteiger partial charge < -0.3 is 0 Å². The summed E-state index contributed by atoms with van der Waals surface area (Å²) in [6.07, 6.45) is 11.7. The van der Waals surface area contributed by atoms with E-state index in [2.05, 4.69) is 31.2 Å². The van der Waals surface area contributed by atoms with Crippen molar-refractivity contribution in [1.82, 2.24) is 0 Å². The zero-order chi connectivity index (χ0) is 17.6. The summed E-state index contributed by atoms with van der Waals surface area (Å²) in [6, 6.07) is 9.12. The average molecular weight is 347 g/mol. The van der Waals surface area contributed by atoms with E-state index in [4.69, 9.17) is 0 Å². The summed E-state index contributed by atoms with van der Waals surface area (Å²) in [5.41, 5.74) is 2.87. The third-order valence-electron chi connectivity index (χ3n) is 6.75. The summed E-state index contributed by atoms with van der Waals surface area (Å²) in [6.45, 7) is 2.15. The van der Waals surface area contributed by atoms with Crippen molar-refractivity contribution in [2.45, 2.75) is 77.0 Å². The van der Waals surface area contributed by atoms with E-state index in [0.717, 1.165) is 30.3 Å². The van der Waals surface area contributed by atoms with Crippen molar-refractivity contribution in [2.75, 3.05) is 0 Å². The lowest BCUT2D eigenvalue weighted by Gasteiger charge is -2.38. The molecule has 0 heterocycles. The van der Waals surface area contributed by atoms with Gasteiger partial charge in [0.2, 0.25) is 0 Å². The molecule has 0 amide bonds. The van der Waals surface area contributed by atoms with Gasteiger partial charge in [0, 0.05) is 0 Å². The fourth-order valence-corrected chi connectivity index (χ4v) is 5.14. The van der Waals surface area contributed by atoms with E-state index in [1.54, 1.807) is 0 Å². The Morgan fingerprint density at radius 2 is 1.44 bits per heavy atom. The number of halogens is 2. The fourth-order valence-electron chi connectivity index (χ4n) is 5.14. The lowest BCUT2D eigenvalue weighted by Crippen LogP contribution is -2.25. The van der Waals surface area contributed by atoms with Crippen LogP contribution < -0.4 is 0 Å². The molecular weight excluding hydrogens is 314 g/mol. The molecule has 2 heteroatoms. The summed E-state index contributed by atoms with van der Waals surface area (Å²) in [4.78, 5) is 0. The highest BCUT2D eigenvalue weighted by Crippen LogP contribution is 2.44. The number of benzene rings is 1. The third kappa shape index (κ3) is 5.39. The molecule has 0 radical (unpaired) electrons. The predicted octanol–water partition coefficient (Wildman–Crippen LogP) is 7.64. The largest absolute Gasteiger partial charge is 0.266 e. The number of allylic oxidation sites excluding steroid dienone is 1. The Hall–Kier alpha value is -1.18. The molecule has 0 unspecified atom stereocenters. The van der Waals surface area contributed by atoms with Gasteiger partial charge in [0.05, 0.1) is 0 Å². The number of aryl methyl sites for hydroxylation is 1. The van der Waals surface area contributed by atoms with Crippen molar-refractivity contribution >= 4 is 0 Å². The Balaban J connectivity index is 1.40. The third-order valence-corrected chi connectivity index (χ3v) is 6.75. The zero-order valence-electron chi connectivity index (χ0n) is 15.5. The van der Waals surface area contributed by atoms with Crippen LogP contribution >= 0.6 is 0 Å². The smallest absolute Gasteiger partial charge is 0.174 e. The maximum absolute atomic E-state index is 12.1. The van der Waals surface area contributed by atoms with Gasteiger partial charge in [-0.3, -0.25) is 0 Å². The van der Waals surface area contributed by atoms with Crippen LogP contribution in [0.15, 0.2) is 36.4 Å². The van der Waals surface area contributed by atoms with Gasteiger partial charge in [-0.15, -0.1) is 0 Å². The van der Waals surface area contributed by atoms with E-state index < -0.39 is 6.08 Å². The van der Waals surface area contributed by atoms with Crippen LogP contribution in [0.2, 0.25) is 0 Å². The highest BCUT2D eigenvalue weighted by molar-refractivity contribution is 5.24. The van der Waals surface area contributed by atoms with Crippen LogP contribution in [0.3, 0.4) is 0 Å². The number of hydrogen-bond acceptors (Lipinski definition) is 0. The highest BCUT2D eigenvalue weighted by atomic mass is 19.3. The summed E-state index contributed by atoms with van der Waals surface area (Å²) < 4.78 is 24.3. The first-order chi connectivity index (χ1) is 12.1. The molecule has 0 saturated heterocycles. The lowest BCUT2D eigenvalue weighted by molar-refractivity contribution is 0.157. The second kappa shape index (κ2) is 8.96. The molecule has 0 bridgehead atoms. The molecular formula is C23H32F2. The van der Waals surface area contributed by atoms with Gasteiger partial charge in [0.15, 0.2) is 0 Å². The zero-order valence-corrected chi connectivity index (χ0v) is 15.5. The van der Waals surface area contributed by atoms with E-state index in [9.17, 15) is 8.78 Å². The molecule has 138 valence electrons. The van der Waals surface area contributed by atoms with Crippen molar-refractivity contribution in [3.8, 4) is 0 Å². The first-order valence-corrected chi connectivity index (χ1v) is 10.2. The normalized spacial score (nSPS) is 30.0. The minimum absolute atomic E-state index is 0.555. The second-order valence-corrected chi connectivity index (χ2v) is 8.37. The van der Waals surface area contributed by atoms with Crippen LogP contribution in [0, 0.1) is 24.7 Å². The lowest BCUT2D eigenvalue weighted by atomic mass is 9.68. The Kier molecular flexibility index (Phi) is 6.67. The van der Waals surface area contributed by atoms with Gasteiger partial charge in [-0.25, -0.2) is 0 Å². The van der Waals surface area contributed by atoms with Gasteiger partial charge in [0.25, 0.3) is 6.08 Å². The van der Waals surface area contributed by atoms with E-state index >= 15 is 0 Å². The Labute approximate surface area is 151 Å². The van der Waals surface area contributed by atoms with Crippen LogP contribution in [0.1, 0.15) is 81.3 Å². The molecule has 1 aromatic carbocycles. The molecule has 1 aromatic rings. The minimum atomic E-state index is -1.51. The number of hydrogen-bond donors (Lipinski definition) is 0. The fraction of sp³-hybridized carbons (Fsp3) is 0.652. The maximum Gasteiger partial charge on any atom is 0.266 e. The Bertz CT molecular complexity index is 540. The molecule has 2 aliphatic rings. The molecule has 2 aliphatic carbocycles. The van der Waals surface area contributed by atoms with Crippen molar-refractivity contribution in [1.29, 1.82) is 0 Å². The molecule has 2 fully saturated rings. The van der Waals surface area contributed by atoms with E-state index in [-0.39, 0.29) is 0 Å². The average Bonchev–Trinajstić information content (AvgIpc) is 2.63. The predicted molar refractivity (Wildman–Crippen MR) is 101 cm³/mol. The molecule has 0 aromatic heterocycles. The van der Waals surface area contributed by atoms with Crippen molar-refractivity contribution < 1.29 is 8.78 Å². The van der Waals surface area contributed by atoms with Crippen LogP contribution in [0.5, 0.6) is 0 Å². The number of rotatable bonds is 5. The monoisotopic (exact) mass is 346 g/mol. The van der Waals surface area contributed by atoms with E-state index in [0.29, 0.717) is 12.3 Å². The first-order valence-electron chi connectivity index (χ1n) is 10.2. The Morgan fingerprint density at radius 3 is 2.00 bits per heavy atom. The van der Waals surface area contributed by atoms with Gasteiger partial charge in [-0.2, -0.15) is 8.78 Å². The summed E-state index contributed by atoms with van der Waals surface area (Å²) >= 11 is 0. The summed E-state index contributed by atoms with van der Waals surface area (Å²) in [5.74, 6) is 3.24. The molecule has 25 heavy (non-hydrogen) atoms. The van der Waals surface area contributed by atoms with Gasteiger partial charge in [0.1, 0.15) is 0 Å². The van der Waals surface area contributed by atoms with Crippen LogP contribution in [-0.2, 0) is 0 Å². The summed E-state index contributed by atoms with van der Waals surface area (Å²) in [5, 5.41) is 0. The summed E-state index contributed by atoms with van der Waals surface area (Å²) in [7, 11) is 0. The first kappa shape index (κ1) is 18.6. The SMILES string of the molecule is Cc1ccc(C2CCC(C3CCC(CCC=C(F)F)CC3)CC2)cc1. The van der Waals surface area contributed by atoms with Gasteiger partial charge in [-0.1, -0.05) is 42.7 Å². The molecule has 0 spiro atoms. The molecule has 0 N–H and O–H groups in total. The van der Waals surface area contributed by atoms with Gasteiger partial charge >= 0.3 is 0 Å². The standard InChI is InChI=1S/C23H32F2/c1-17-5-9-19(10-6-17)21-13-15-22(16-14-21)20-11-7-18(8-12-20)3-2-4-23(24)25/h4-6,9-10,18,20-22H,2-3,7-8,11-16H2,1H3. The topological polar surface area (TPSA) is 0 Å². The van der Waals surface area contributed by atoms with E-state index in [1.165, 1.54) is 62.5 Å². The quantitative estimate of drug-likeness (QED) is 0.514. The van der Waals surface area contributed by atoms with Crippen molar-refractivity contribution in [2.24, 2.45) is 17.8 Å². The molecule has 2 saturated carbocycles.